The van der Waals surface area contributed by atoms with Crippen LogP contribution < -0.4 is 11.3 Å². The number of carbonyl (C=O) groups is 1. The predicted molar refractivity (Wildman–Crippen MR) is 40.3 cm³/mol. The first-order chi connectivity index (χ1) is 4.50. The maximum atomic E-state index is 9.00. The Morgan fingerprint density at radius 3 is 2.00 bits per heavy atom. The number of hydrazine groups is 1. The molecule has 0 heterocycles. The molecule has 0 atom stereocenters. The fraction of sp³-hybridized carbons (Fsp3) is 0.833. The number of nitrogens with one attached hydrogen (secondary N) is 1. The number of carboxylic acids is 1. The molecule has 0 aliphatic heterocycles. The highest BCUT2D eigenvalue weighted by Crippen LogP contribution is 1.83. The van der Waals surface area contributed by atoms with E-state index < -0.39 is 5.97 Å². The summed E-state index contributed by atoms with van der Waals surface area (Å²) in [5.41, 5.74) is 2.57. The Bertz CT molecular complexity index is 79.8. The SMILES string of the molecule is CC(=O)O.CC(C)CNN. The summed E-state index contributed by atoms with van der Waals surface area (Å²) >= 11 is 0. The van der Waals surface area contributed by atoms with Crippen LogP contribution in [0.3, 0.4) is 0 Å². The van der Waals surface area contributed by atoms with E-state index in [-0.39, 0.29) is 0 Å². The second kappa shape index (κ2) is 8.39. The second-order valence-electron chi connectivity index (χ2n) is 2.32. The van der Waals surface area contributed by atoms with Gasteiger partial charge in [-0.15, -0.1) is 0 Å². The largest absolute Gasteiger partial charge is 0.481 e. The minimum absolute atomic E-state index is 0.662. The van der Waals surface area contributed by atoms with Crippen LogP contribution in [-0.4, -0.2) is 17.6 Å². The lowest BCUT2D eigenvalue weighted by molar-refractivity contribution is -0.134. The summed E-state index contributed by atoms with van der Waals surface area (Å²) in [4.78, 5) is 9.00. The van der Waals surface area contributed by atoms with Gasteiger partial charge in [-0.1, -0.05) is 13.8 Å². The molecule has 0 amide bonds. The molecule has 0 unspecified atom stereocenters. The van der Waals surface area contributed by atoms with Gasteiger partial charge in [-0.25, -0.2) is 0 Å². The molecule has 0 aromatic carbocycles. The molecule has 0 radical (unpaired) electrons. The molecule has 0 aliphatic carbocycles. The average molecular weight is 148 g/mol. The zero-order valence-corrected chi connectivity index (χ0v) is 6.72. The Kier molecular flexibility index (Phi) is 10.2. The fourth-order valence-electron chi connectivity index (χ4n) is 0.236. The van der Waals surface area contributed by atoms with E-state index in [1.807, 2.05) is 0 Å². The minimum Gasteiger partial charge on any atom is -0.481 e. The van der Waals surface area contributed by atoms with Crippen molar-refractivity contribution < 1.29 is 9.90 Å². The summed E-state index contributed by atoms with van der Waals surface area (Å²) in [6, 6.07) is 0. The number of aliphatic carboxylic acids is 1. The van der Waals surface area contributed by atoms with Crippen molar-refractivity contribution in [3.63, 3.8) is 0 Å². The number of hydrogen-bond donors (Lipinski definition) is 3. The van der Waals surface area contributed by atoms with Gasteiger partial charge in [0.1, 0.15) is 0 Å². The van der Waals surface area contributed by atoms with Gasteiger partial charge in [0.2, 0.25) is 0 Å². The summed E-state index contributed by atoms with van der Waals surface area (Å²) < 4.78 is 0. The van der Waals surface area contributed by atoms with Gasteiger partial charge < -0.3 is 5.11 Å². The van der Waals surface area contributed by atoms with E-state index in [1.54, 1.807) is 0 Å². The van der Waals surface area contributed by atoms with Crippen LogP contribution in [0.25, 0.3) is 0 Å². The lowest BCUT2D eigenvalue weighted by Gasteiger charge is -1.98. The Balaban J connectivity index is 0. The van der Waals surface area contributed by atoms with Crippen LogP contribution in [0.5, 0.6) is 0 Å². The molecule has 0 aromatic rings. The van der Waals surface area contributed by atoms with Crippen molar-refractivity contribution in [3.05, 3.63) is 0 Å². The molecule has 0 aromatic heterocycles. The molecule has 0 fully saturated rings. The van der Waals surface area contributed by atoms with Crippen LogP contribution in [0.4, 0.5) is 0 Å². The lowest BCUT2D eigenvalue weighted by Crippen LogP contribution is -2.26. The van der Waals surface area contributed by atoms with Crippen LogP contribution in [0.1, 0.15) is 20.8 Å². The number of rotatable bonds is 2. The normalized spacial score (nSPS) is 8.50. The van der Waals surface area contributed by atoms with Crippen LogP contribution in [0.2, 0.25) is 0 Å². The maximum Gasteiger partial charge on any atom is 0.300 e. The maximum absolute atomic E-state index is 9.00. The quantitative estimate of drug-likeness (QED) is 0.386. The van der Waals surface area contributed by atoms with Crippen molar-refractivity contribution in [3.8, 4) is 0 Å². The van der Waals surface area contributed by atoms with Gasteiger partial charge in [-0.05, 0) is 5.92 Å². The van der Waals surface area contributed by atoms with E-state index in [0.717, 1.165) is 13.5 Å². The lowest BCUT2D eigenvalue weighted by atomic mass is 10.2. The number of nitrogens with two attached hydrogens (primary N) is 1. The molecule has 0 aliphatic rings. The van der Waals surface area contributed by atoms with Crippen molar-refractivity contribution in [2.75, 3.05) is 6.54 Å². The molecule has 4 N–H and O–H groups in total. The molecule has 4 heteroatoms. The minimum atomic E-state index is -0.833. The molecule has 0 saturated carbocycles. The van der Waals surface area contributed by atoms with Gasteiger partial charge >= 0.3 is 0 Å². The van der Waals surface area contributed by atoms with E-state index in [1.165, 1.54) is 0 Å². The summed E-state index contributed by atoms with van der Waals surface area (Å²) in [6.45, 7) is 6.21. The summed E-state index contributed by atoms with van der Waals surface area (Å²) in [7, 11) is 0. The third-order valence-corrected chi connectivity index (χ3v) is 0.526. The first-order valence-electron chi connectivity index (χ1n) is 3.13. The van der Waals surface area contributed by atoms with Crippen molar-refractivity contribution in [1.82, 2.24) is 5.43 Å². The van der Waals surface area contributed by atoms with Crippen LogP contribution >= 0.6 is 0 Å². The van der Waals surface area contributed by atoms with E-state index >= 15 is 0 Å². The highest BCUT2D eigenvalue weighted by atomic mass is 16.4. The molecule has 0 rings (SSSR count). The van der Waals surface area contributed by atoms with Gasteiger partial charge in [0.25, 0.3) is 5.97 Å². The molecule has 0 spiro atoms. The van der Waals surface area contributed by atoms with Crippen LogP contribution in [0, 0.1) is 5.92 Å². The highest BCUT2D eigenvalue weighted by Gasteiger charge is 1.84. The van der Waals surface area contributed by atoms with Crippen molar-refractivity contribution >= 4 is 5.97 Å². The van der Waals surface area contributed by atoms with E-state index in [4.69, 9.17) is 15.7 Å². The highest BCUT2D eigenvalue weighted by molar-refractivity contribution is 5.62. The topological polar surface area (TPSA) is 75.3 Å². The molecular formula is C6H16N2O2. The van der Waals surface area contributed by atoms with Crippen LogP contribution in [0.15, 0.2) is 0 Å². The molecule has 4 nitrogen and oxygen atoms in total. The van der Waals surface area contributed by atoms with E-state index in [2.05, 4.69) is 19.3 Å². The fourth-order valence-corrected chi connectivity index (χ4v) is 0.236. The molecule has 0 saturated heterocycles. The Morgan fingerprint density at radius 1 is 1.70 bits per heavy atom. The van der Waals surface area contributed by atoms with Gasteiger partial charge in [0.15, 0.2) is 0 Å². The van der Waals surface area contributed by atoms with Gasteiger partial charge in [-0.3, -0.25) is 16.1 Å². The van der Waals surface area contributed by atoms with Crippen molar-refractivity contribution in [2.24, 2.45) is 11.8 Å². The Labute approximate surface area is 61.4 Å². The summed E-state index contributed by atoms with van der Waals surface area (Å²) in [5, 5.41) is 7.42. The Hall–Kier alpha value is -0.610. The van der Waals surface area contributed by atoms with E-state index in [9.17, 15) is 0 Å². The summed E-state index contributed by atoms with van der Waals surface area (Å²) in [6.07, 6.45) is 0. The van der Waals surface area contributed by atoms with Gasteiger partial charge in [-0.2, -0.15) is 0 Å². The van der Waals surface area contributed by atoms with Gasteiger partial charge in [0, 0.05) is 13.5 Å². The smallest absolute Gasteiger partial charge is 0.300 e. The molecule has 0 bridgehead atoms. The molecular weight excluding hydrogens is 132 g/mol. The van der Waals surface area contributed by atoms with Crippen molar-refractivity contribution in [2.45, 2.75) is 20.8 Å². The number of carboxylic acid groups (broad SMARTS) is 1. The third-order valence-electron chi connectivity index (χ3n) is 0.526. The first-order valence-corrected chi connectivity index (χ1v) is 3.13. The third kappa shape index (κ3) is 52.8. The number of hydrogen-bond acceptors (Lipinski definition) is 3. The molecule has 10 heavy (non-hydrogen) atoms. The van der Waals surface area contributed by atoms with E-state index in [0.29, 0.717) is 5.92 Å². The molecule has 62 valence electrons. The monoisotopic (exact) mass is 148 g/mol. The first kappa shape index (κ1) is 12.1. The van der Waals surface area contributed by atoms with Crippen molar-refractivity contribution in [1.29, 1.82) is 0 Å². The zero-order valence-electron chi connectivity index (χ0n) is 6.72. The van der Waals surface area contributed by atoms with Gasteiger partial charge in [0.05, 0.1) is 0 Å². The summed E-state index contributed by atoms with van der Waals surface area (Å²) in [5.74, 6) is 4.81. The second-order valence-corrected chi connectivity index (χ2v) is 2.32. The Morgan fingerprint density at radius 2 is 2.00 bits per heavy atom. The standard InChI is InChI=1S/C4H12N2.C2H4O2/c1-4(2)3-6-5;1-2(3)4/h4,6H,3,5H2,1-2H3;1H3,(H,3,4). The van der Waals surface area contributed by atoms with Crippen LogP contribution in [-0.2, 0) is 4.79 Å². The zero-order chi connectivity index (χ0) is 8.57. The average Bonchev–Trinajstić information content (AvgIpc) is 1.62. The predicted octanol–water partition coefficient (Wildman–Crippen LogP) is 0.197.